The monoisotopic (exact) mass is 313 g/mol. The molecule has 1 atom stereocenters. The molecule has 112 valence electrons. The van der Waals surface area contributed by atoms with Crippen LogP contribution in [0.15, 0.2) is 27.8 Å². The number of fused-ring (bicyclic) bond motifs is 3. The van der Waals surface area contributed by atoms with Crippen LogP contribution in [0.2, 0.25) is 0 Å². The number of H-pyrrole nitrogens is 2. The predicted molar refractivity (Wildman–Crippen MR) is 87.5 cm³/mol. The molecule has 3 heterocycles. The Hall–Kier alpha value is -2.21. The van der Waals surface area contributed by atoms with E-state index in [1.807, 2.05) is 0 Å². The molecule has 3 aromatic heterocycles. The third-order valence-corrected chi connectivity index (χ3v) is 5.36. The van der Waals surface area contributed by atoms with Crippen molar-refractivity contribution in [2.24, 2.45) is 5.92 Å². The molecule has 0 saturated carbocycles. The average molecular weight is 313 g/mol. The number of aryl methyl sites for hydroxylation is 1. The molecule has 0 spiro atoms. The molecule has 0 aromatic carbocycles. The lowest BCUT2D eigenvalue weighted by molar-refractivity contribution is 0.509. The summed E-state index contributed by atoms with van der Waals surface area (Å²) in [5, 5.41) is 0.730. The van der Waals surface area contributed by atoms with Gasteiger partial charge in [-0.3, -0.25) is 9.59 Å². The summed E-state index contributed by atoms with van der Waals surface area (Å²) in [7, 11) is 0. The Morgan fingerprint density at radius 1 is 1.27 bits per heavy atom. The molecule has 6 heteroatoms. The zero-order valence-electron chi connectivity index (χ0n) is 12.1. The summed E-state index contributed by atoms with van der Waals surface area (Å²) in [6.45, 7) is 2.24. The summed E-state index contributed by atoms with van der Waals surface area (Å²) in [5.74, 6) is 1.08. The van der Waals surface area contributed by atoms with Crippen molar-refractivity contribution < 1.29 is 0 Å². The molecule has 1 aliphatic carbocycles. The Balaban J connectivity index is 1.94. The van der Waals surface area contributed by atoms with E-state index in [4.69, 9.17) is 0 Å². The van der Waals surface area contributed by atoms with Crippen molar-refractivity contribution in [3.8, 4) is 11.5 Å². The van der Waals surface area contributed by atoms with E-state index >= 15 is 0 Å². The number of thiophene rings is 1. The molecule has 1 aliphatic rings. The van der Waals surface area contributed by atoms with Crippen molar-refractivity contribution in [1.29, 1.82) is 0 Å². The van der Waals surface area contributed by atoms with Crippen LogP contribution in [0.25, 0.3) is 21.7 Å². The molecular formula is C16H15N3O2S. The Kier molecular flexibility index (Phi) is 3.00. The number of nitrogens with zero attached hydrogens (tertiary/aromatic N) is 1. The number of pyridine rings is 1. The number of aromatic nitrogens is 3. The summed E-state index contributed by atoms with van der Waals surface area (Å²) in [4.78, 5) is 36.1. The lowest BCUT2D eigenvalue weighted by Crippen LogP contribution is -2.14. The van der Waals surface area contributed by atoms with Crippen molar-refractivity contribution in [3.63, 3.8) is 0 Å². The molecule has 1 unspecified atom stereocenters. The fourth-order valence-corrected chi connectivity index (χ4v) is 4.47. The summed E-state index contributed by atoms with van der Waals surface area (Å²) < 4.78 is 0. The van der Waals surface area contributed by atoms with Crippen molar-refractivity contribution in [3.05, 3.63) is 49.3 Å². The van der Waals surface area contributed by atoms with Gasteiger partial charge in [-0.15, -0.1) is 11.3 Å². The molecule has 22 heavy (non-hydrogen) atoms. The van der Waals surface area contributed by atoms with Crippen LogP contribution >= 0.6 is 11.3 Å². The van der Waals surface area contributed by atoms with Crippen LogP contribution in [0.5, 0.6) is 0 Å². The van der Waals surface area contributed by atoms with Crippen LogP contribution in [0.4, 0.5) is 0 Å². The number of hydrogen-bond acceptors (Lipinski definition) is 4. The minimum atomic E-state index is -0.209. The quantitative estimate of drug-likeness (QED) is 0.724. The second-order valence-corrected chi connectivity index (χ2v) is 6.98. The second-order valence-electron chi connectivity index (χ2n) is 5.88. The lowest BCUT2D eigenvalue weighted by Gasteiger charge is -2.17. The van der Waals surface area contributed by atoms with Crippen molar-refractivity contribution in [1.82, 2.24) is 15.0 Å². The minimum Gasteiger partial charge on any atom is -0.329 e. The maximum atomic E-state index is 12.5. The highest BCUT2D eigenvalue weighted by molar-refractivity contribution is 7.18. The van der Waals surface area contributed by atoms with E-state index in [9.17, 15) is 9.59 Å². The summed E-state index contributed by atoms with van der Waals surface area (Å²) in [5.41, 5.74) is 1.28. The number of nitrogens with one attached hydrogen (secondary N) is 2. The third kappa shape index (κ3) is 2.11. The van der Waals surface area contributed by atoms with Gasteiger partial charge in [-0.05, 0) is 36.8 Å². The molecule has 0 saturated heterocycles. The first-order valence-electron chi connectivity index (χ1n) is 7.36. The van der Waals surface area contributed by atoms with E-state index in [1.165, 1.54) is 16.5 Å². The first-order chi connectivity index (χ1) is 10.6. The van der Waals surface area contributed by atoms with Gasteiger partial charge in [0.25, 0.3) is 5.56 Å². The Morgan fingerprint density at radius 2 is 2.14 bits per heavy atom. The summed E-state index contributed by atoms with van der Waals surface area (Å²) in [6.07, 6.45) is 3.09. The molecule has 0 radical (unpaired) electrons. The molecule has 0 amide bonds. The van der Waals surface area contributed by atoms with Gasteiger partial charge in [-0.1, -0.05) is 13.0 Å². The first-order valence-corrected chi connectivity index (χ1v) is 8.18. The fraction of sp³-hybridized carbons (Fsp3) is 0.312. The van der Waals surface area contributed by atoms with Gasteiger partial charge in [0.15, 0.2) is 5.82 Å². The van der Waals surface area contributed by atoms with Gasteiger partial charge in [-0.2, -0.15) is 4.98 Å². The number of hydrogen-bond donors (Lipinski definition) is 2. The zero-order valence-corrected chi connectivity index (χ0v) is 12.9. The Morgan fingerprint density at radius 3 is 2.95 bits per heavy atom. The highest BCUT2D eigenvalue weighted by atomic mass is 32.1. The molecule has 4 rings (SSSR count). The van der Waals surface area contributed by atoms with Crippen LogP contribution in [-0.4, -0.2) is 15.0 Å². The Labute approximate surface area is 130 Å². The predicted octanol–water partition coefficient (Wildman–Crippen LogP) is 2.46. The largest absolute Gasteiger partial charge is 0.329 e. The van der Waals surface area contributed by atoms with Crippen LogP contribution in [-0.2, 0) is 12.8 Å². The summed E-state index contributed by atoms with van der Waals surface area (Å²) >= 11 is 1.64. The molecule has 0 bridgehead atoms. The van der Waals surface area contributed by atoms with E-state index in [0.717, 1.165) is 29.5 Å². The molecule has 3 aromatic rings. The van der Waals surface area contributed by atoms with Crippen molar-refractivity contribution in [2.45, 2.75) is 26.2 Å². The molecule has 0 aliphatic heterocycles. The SMILES string of the molecule is CC1CCc2c(sc3[nH]c(-c4cccc(=O)[nH]4)nc(=O)c23)C1. The molecule has 0 fully saturated rings. The van der Waals surface area contributed by atoms with Crippen LogP contribution in [0, 0.1) is 5.92 Å². The zero-order chi connectivity index (χ0) is 15.3. The third-order valence-electron chi connectivity index (χ3n) is 4.19. The first kappa shape index (κ1) is 13.5. The maximum absolute atomic E-state index is 12.5. The fourth-order valence-electron chi connectivity index (χ4n) is 3.07. The van der Waals surface area contributed by atoms with Gasteiger partial charge >= 0.3 is 0 Å². The highest BCUT2D eigenvalue weighted by Crippen LogP contribution is 2.35. The lowest BCUT2D eigenvalue weighted by atomic mass is 9.89. The average Bonchev–Trinajstić information content (AvgIpc) is 2.84. The van der Waals surface area contributed by atoms with E-state index in [-0.39, 0.29) is 11.1 Å². The van der Waals surface area contributed by atoms with E-state index < -0.39 is 0 Å². The van der Waals surface area contributed by atoms with E-state index in [1.54, 1.807) is 23.5 Å². The van der Waals surface area contributed by atoms with Crippen molar-refractivity contribution >= 4 is 21.6 Å². The van der Waals surface area contributed by atoms with Gasteiger partial charge in [0.2, 0.25) is 5.56 Å². The molecule has 5 nitrogen and oxygen atoms in total. The molecular weight excluding hydrogens is 298 g/mol. The van der Waals surface area contributed by atoms with Crippen molar-refractivity contribution in [2.75, 3.05) is 0 Å². The smallest absolute Gasteiger partial charge is 0.282 e. The number of aromatic amines is 2. The van der Waals surface area contributed by atoms with Gasteiger partial charge in [-0.25, -0.2) is 0 Å². The second kappa shape index (κ2) is 4.91. The minimum absolute atomic E-state index is 0.208. The van der Waals surface area contributed by atoms with Crippen LogP contribution in [0.1, 0.15) is 23.8 Å². The highest BCUT2D eigenvalue weighted by Gasteiger charge is 2.23. The van der Waals surface area contributed by atoms with E-state index in [0.29, 0.717) is 17.4 Å². The maximum Gasteiger partial charge on any atom is 0.282 e. The van der Waals surface area contributed by atoms with Gasteiger partial charge in [0.05, 0.1) is 11.1 Å². The normalized spacial score (nSPS) is 17.6. The summed E-state index contributed by atoms with van der Waals surface area (Å²) in [6, 6.07) is 4.83. The van der Waals surface area contributed by atoms with Gasteiger partial charge in [0, 0.05) is 10.9 Å². The topological polar surface area (TPSA) is 78.6 Å². The standard InChI is InChI=1S/C16H15N3O2S/c1-8-5-6-9-11(7-8)22-16-13(9)15(21)18-14(19-16)10-3-2-4-12(20)17-10/h2-4,8H,5-7H2,1H3,(H,17,20)(H,18,19,21). The van der Waals surface area contributed by atoms with Gasteiger partial charge < -0.3 is 9.97 Å². The number of rotatable bonds is 1. The van der Waals surface area contributed by atoms with E-state index in [2.05, 4.69) is 21.9 Å². The Bertz CT molecular complexity index is 983. The molecule has 2 N–H and O–H groups in total. The van der Waals surface area contributed by atoms with Crippen LogP contribution < -0.4 is 11.1 Å². The van der Waals surface area contributed by atoms with Gasteiger partial charge in [0.1, 0.15) is 4.83 Å². The van der Waals surface area contributed by atoms with Crippen LogP contribution in [0.3, 0.4) is 0 Å².